The third-order valence-corrected chi connectivity index (χ3v) is 7.20. The van der Waals surface area contributed by atoms with E-state index in [1.165, 1.54) is 44.9 Å². The lowest BCUT2D eigenvalue weighted by molar-refractivity contribution is -0.119. The summed E-state index contributed by atoms with van der Waals surface area (Å²) in [4.78, 5) is 18.8. The summed E-state index contributed by atoms with van der Waals surface area (Å²) in [6.07, 6.45) is 10.3. The van der Waals surface area contributed by atoms with E-state index in [4.69, 9.17) is 17.0 Å². The zero-order valence-electron chi connectivity index (χ0n) is 19.9. The van der Waals surface area contributed by atoms with Gasteiger partial charge in [-0.2, -0.15) is 0 Å². The highest BCUT2D eigenvalue weighted by atomic mass is 32.1. The second-order valence-electron chi connectivity index (χ2n) is 9.16. The molecule has 8 heteroatoms. The van der Waals surface area contributed by atoms with E-state index in [1.54, 1.807) is 0 Å². The van der Waals surface area contributed by atoms with Gasteiger partial charge < -0.3 is 24.8 Å². The number of nitrogens with one attached hydrogen (secondary N) is 2. The topological polar surface area (TPSA) is 71.4 Å². The highest BCUT2D eigenvalue weighted by molar-refractivity contribution is 7.80. The molecule has 1 saturated heterocycles. The van der Waals surface area contributed by atoms with E-state index in [1.807, 2.05) is 42.6 Å². The van der Waals surface area contributed by atoms with E-state index in [9.17, 15) is 4.79 Å². The zero-order chi connectivity index (χ0) is 24.2. The number of aromatic nitrogens is 2. The predicted molar refractivity (Wildman–Crippen MR) is 141 cm³/mol. The first kappa shape index (κ1) is 23.5. The number of methoxy groups -OCH3 is 1. The fourth-order valence-corrected chi connectivity index (χ4v) is 5.66. The van der Waals surface area contributed by atoms with E-state index in [0.717, 1.165) is 17.1 Å². The highest BCUT2D eigenvalue weighted by Gasteiger charge is 2.42. The average Bonchev–Trinajstić information content (AvgIpc) is 3.50. The van der Waals surface area contributed by atoms with Gasteiger partial charge in [-0.3, -0.25) is 9.78 Å². The number of thiocarbonyl (C=S) groups is 1. The van der Waals surface area contributed by atoms with Crippen LogP contribution in [0.4, 0.5) is 11.4 Å². The van der Waals surface area contributed by atoms with Crippen LogP contribution in [0, 0.1) is 0 Å². The molecule has 3 aromatic rings. The van der Waals surface area contributed by atoms with Crippen molar-refractivity contribution in [2.24, 2.45) is 0 Å². The first-order valence-electron chi connectivity index (χ1n) is 12.2. The van der Waals surface area contributed by atoms with Crippen LogP contribution < -0.4 is 15.5 Å². The molecule has 1 aliphatic carbocycles. The summed E-state index contributed by atoms with van der Waals surface area (Å²) >= 11 is 5.88. The predicted octanol–water partition coefficient (Wildman–Crippen LogP) is 5.15. The molecule has 1 aliphatic heterocycles. The van der Waals surface area contributed by atoms with Crippen LogP contribution in [0.25, 0.3) is 0 Å². The number of benzene rings is 1. The molecule has 7 nitrogen and oxygen atoms in total. The van der Waals surface area contributed by atoms with Crippen molar-refractivity contribution in [3.63, 3.8) is 0 Å². The van der Waals surface area contributed by atoms with E-state index >= 15 is 0 Å². The number of hydrogen-bond donors (Lipinski definition) is 2. The highest BCUT2D eigenvalue weighted by Crippen LogP contribution is 2.43. The summed E-state index contributed by atoms with van der Waals surface area (Å²) in [5, 5.41) is 7.06. The minimum Gasteiger partial charge on any atom is -0.375 e. The Balaban J connectivity index is 1.51. The van der Waals surface area contributed by atoms with Crippen molar-refractivity contribution in [1.82, 2.24) is 14.9 Å². The Morgan fingerprint density at radius 3 is 2.63 bits per heavy atom. The molecule has 0 radical (unpaired) electrons. The number of amides is 1. The molecule has 2 aromatic heterocycles. The number of nitrogens with zero attached hydrogens (tertiary/aromatic N) is 3. The van der Waals surface area contributed by atoms with Gasteiger partial charge in [0.1, 0.15) is 12.6 Å². The Kier molecular flexibility index (Phi) is 7.11. The Morgan fingerprint density at radius 2 is 1.91 bits per heavy atom. The third kappa shape index (κ3) is 4.94. The van der Waals surface area contributed by atoms with Gasteiger partial charge in [0.15, 0.2) is 5.11 Å². The molecule has 1 amide bonds. The lowest BCUT2D eigenvalue weighted by atomic mass is 9.94. The van der Waals surface area contributed by atoms with Crippen molar-refractivity contribution in [2.75, 3.05) is 23.9 Å². The van der Waals surface area contributed by atoms with Gasteiger partial charge in [0, 0.05) is 42.6 Å². The first-order valence-corrected chi connectivity index (χ1v) is 12.6. The van der Waals surface area contributed by atoms with Gasteiger partial charge in [0.25, 0.3) is 0 Å². The molecule has 0 bridgehead atoms. The molecule has 2 fully saturated rings. The van der Waals surface area contributed by atoms with Crippen molar-refractivity contribution in [3.05, 3.63) is 78.4 Å². The lowest BCUT2D eigenvalue weighted by Gasteiger charge is -2.32. The van der Waals surface area contributed by atoms with Crippen LogP contribution in [0.3, 0.4) is 0 Å². The Hall–Kier alpha value is -3.23. The van der Waals surface area contributed by atoms with Crippen molar-refractivity contribution in [2.45, 2.75) is 50.2 Å². The molecule has 3 heterocycles. The normalized spacial score (nSPS) is 20.6. The molecule has 2 N–H and O–H groups in total. The maximum atomic E-state index is 11.9. The van der Waals surface area contributed by atoms with Crippen LogP contribution in [0.1, 0.15) is 61.6 Å². The van der Waals surface area contributed by atoms with Crippen LogP contribution in [0.15, 0.2) is 67.0 Å². The third-order valence-electron chi connectivity index (χ3n) is 6.89. The zero-order valence-corrected chi connectivity index (χ0v) is 20.7. The second kappa shape index (κ2) is 10.6. The van der Waals surface area contributed by atoms with Gasteiger partial charge in [-0.05, 0) is 73.6 Å². The van der Waals surface area contributed by atoms with Crippen LogP contribution >= 0.6 is 12.2 Å². The van der Waals surface area contributed by atoms with Crippen molar-refractivity contribution in [1.29, 1.82) is 0 Å². The van der Waals surface area contributed by atoms with E-state index < -0.39 is 0 Å². The largest absolute Gasteiger partial charge is 0.375 e. The smallest absolute Gasteiger partial charge is 0.250 e. The van der Waals surface area contributed by atoms with Crippen LogP contribution in [-0.4, -0.2) is 34.3 Å². The summed E-state index contributed by atoms with van der Waals surface area (Å²) in [5.41, 5.74) is 3.88. The van der Waals surface area contributed by atoms with Gasteiger partial charge in [-0.15, -0.1) is 0 Å². The number of anilines is 2. The molecule has 0 spiro atoms. The number of pyridine rings is 1. The minimum atomic E-state index is -0.183. The summed E-state index contributed by atoms with van der Waals surface area (Å²) in [7, 11) is 1.51. The summed E-state index contributed by atoms with van der Waals surface area (Å²) in [5.74, 6) is -0.183. The number of carbonyl (C=O) groups excluding carboxylic acids is 1. The fourth-order valence-electron chi connectivity index (χ4n) is 5.32. The molecule has 2 atom stereocenters. The van der Waals surface area contributed by atoms with Gasteiger partial charge in [-0.1, -0.05) is 25.3 Å². The lowest BCUT2D eigenvalue weighted by Crippen LogP contribution is -2.31. The fraction of sp³-hybridized carbons (Fsp3) is 0.370. The number of hydrogen-bond acceptors (Lipinski definition) is 4. The second-order valence-corrected chi connectivity index (χ2v) is 9.54. The SMILES string of the molecule is COCC(=O)Nc1ccc(N2C(=S)N[C@@H](c3ccccn3)[C@H]2c2cccn2C2CCCCC2)cc1. The monoisotopic (exact) mass is 489 g/mol. The summed E-state index contributed by atoms with van der Waals surface area (Å²) < 4.78 is 7.37. The quantitative estimate of drug-likeness (QED) is 0.447. The van der Waals surface area contributed by atoms with Gasteiger partial charge in [-0.25, -0.2) is 0 Å². The van der Waals surface area contributed by atoms with Crippen LogP contribution in [0.5, 0.6) is 0 Å². The van der Waals surface area contributed by atoms with E-state index in [0.29, 0.717) is 11.2 Å². The van der Waals surface area contributed by atoms with E-state index in [2.05, 4.69) is 49.5 Å². The Labute approximate surface area is 211 Å². The number of rotatable bonds is 7. The standard InChI is InChI=1S/C27H31N5O2S/c1-34-18-24(33)29-19-12-14-21(15-13-19)32-26(25(30-27(32)35)22-10-5-6-16-28-22)23-11-7-17-31(23)20-8-3-2-4-9-20/h5-7,10-17,20,25-26H,2-4,8-9,18H2,1H3,(H,29,33)(H,30,35)/t25-,26+/m0/s1. The molecule has 1 saturated carbocycles. The number of carbonyl (C=O) groups is 1. The van der Waals surface area contributed by atoms with Crippen LogP contribution in [0.2, 0.25) is 0 Å². The first-order chi connectivity index (χ1) is 17.2. The maximum Gasteiger partial charge on any atom is 0.250 e. The van der Waals surface area contributed by atoms with Gasteiger partial charge >= 0.3 is 0 Å². The molecule has 0 unspecified atom stereocenters. The Bertz CT molecular complexity index is 1160. The van der Waals surface area contributed by atoms with Crippen molar-refractivity contribution < 1.29 is 9.53 Å². The van der Waals surface area contributed by atoms with E-state index in [-0.39, 0.29) is 24.6 Å². The van der Waals surface area contributed by atoms with Crippen LogP contribution in [-0.2, 0) is 9.53 Å². The molecule has 35 heavy (non-hydrogen) atoms. The average molecular weight is 490 g/mol. The molecular formula is C27H31N5O2S. The van der Waals surface area contributed by atoms with Gasteiger partial charge in [0.2, 0.25) is 5.91 Å². The Morgan fingerprint density at radius 1 is 1.11 bits per heavy atom. The number of ether oxygens (including phenoxy) is 1. The molecule has 1 aromatic carbocycles. The summed E-state index contributed by atoms with van der Waals surface area (Å²) in [6.45, 7) is 0.0217. The minimum absolute atomic E-state index is 0.0217. The maximum absolute atomic E-state index is 11.9. The van der Waals surface area contributed by atoms with Crippen molar-refractivity contribution in [3.8, 4) is 0 Å². The van der Waals surface area contributed by atoms with Crippen molar-refractivity contribution >= 4 is 34.6 Å². The molecular weight excluding hydrogens is 458 g/mol. The van der Waals surface area contributed by atoms with Gasteiger partial charge in [0.05, 0.1) is 11.7 Å². The molecule has 5 rings (SSSR count). The molecule has 182 valence electrons. The molecule has 2 aliphatic rings. The summed E-state index contributed by atoms with van der Waals surface area (Å²) in [6, 6.07) is 18.5.